The third-order valence-corrected chi connectivity index (χ3v) is 5.12. The summed E-state index contributed by atoms with van der Waals surface area (Å²) < 4.78 is 1.24. The molecule has 112 valence electrons. The summed E-state index contributed by atoms with van der Waals surface area (Å²) in [6.07, 6.45) is 1.87. The quantitative estimate of drug-likeness (QED) is 0.807. The van der Waals surface area contributed by atoms with Gasteiger partial charge in [0.25, 0.3) is 0 Å². The molecule has 1 fully saturated rings. The summed E-state index contributed by atoms with van der Waals surface area (Å²) >= 11 is 1.78. The van der Waals surface area contributed by atoms with Crippen LogP contribution < -0.4 is 5.32 Å². The summed E-state index contributed by atoms with van der Waals surface area (Å²) in [4.78, 5) is 12.0. The Morgan fingerprint density at radius 3 is 2.64 bits per heavy atom. The molecular weight excluding hydrogens is 292 g/mol. The third-order valence-electron chi connectivity index (χ3n) is 4.03. The van der Waals surface area contributed by atoms with Gasteiger partial charge >= 0.3 is 0 Å². The van der Waals surface area contributed by atoms with Gasteiger partial charge in [0, 0.05) is 32.4 Å². The first-order chi connectivity index (χ1) is 10.9. The number of pyridine rings is 1. The molecule has 4 rings (SSSR count). The van der Waals surface area contributed by atoms with Crippen molar-refractivity contribution in [2.75, 3.05) is 26.2 Å². The number of para-hydroxylation sites is 1. The fraction of sp³-hybridized carbons (Fsp3) is 0.294. The van der Waals surface area contributed by atoms with Gasteiger partial charge in [-0.15, -0.1) is 11.3 Å². The highest BCUT2D eigenvalue weighted by Crippen LogP contribution is 2.33. The van der Waals surface area contributed by atoms with E-state index < -0.39 is 0 Å². The fourth-order valence-electron chi connectivity index (χ4n) is 2.95. The summed E-state index contributed by atoms with van der Waals surface area (Å²) in [5.41, 5.74) is 2.17. The molecule has 1 aliphatic heterocycles. The van der Waals surface area contributed by atoms with Crippen molar-refractivity contribution in [1.29, 1.82) is 0 Å². The lowest BCUT2D eigenvalue weighted by Crippen LogP contribution is -2.45. The zero-order chi connectivity index (χ0) is 14.8. The Bertz CT molecular complexity index is 716. The van der Waals surface area contributed by atoms with Gasteiger partial charge < -0.3 is 5.32 Å². The number of benzene rings is 1. The molecule has 1 atom stereocenters. The lowest BCUT2D eigenvalue weighted by Gasteiger charge is -2.33. The monoisotopic (exact) mass is 310 g/mol. The molecule has 4 nitrogen and oxygen atoms in total. The zero-order valence-corrected chi connectivity index (χ0v) is 13.1. The second-order valence-corrected chi connectivity index (χ2v) is 6.53. The first-order valence-corrected chi connectivity index (χ1v) is 8.44. The Balaban J connectivity index is 1.78. The highest BCUT2D eigenvalue weighted by Gasteiger charge is 2.27. The molecule has 0 bridgehead atoms. The average molecular weight is 310 g/mol. The van der Waals surface area contributed by atoms with E-state index in [1.54, 1.807) is 11.3 Å². The topological polar surface area (TPSA) is 41.1 Å². The predicted molar refractivity (Wildman–Crippen MR) is 90.1 cm³/mol. The molecule has 5 heteroatoms. The molecule has 22 heavy (non-hydrogen) atoms. The van der Waals surface area contributed by atoms with E-state index in [1.165, 1.54) is 4.70 Å². The molecule has 0 aliphatic carbocycles. The molecule has 0 radical (unpaired) electrons. The molecule has 1 aromatic carbocycles. The number of nitrogens with zero attached hydrogens (tertiary/aromatic N) is 3. The number of hydrogen-bond acceptors (Lipinski definition) is 5. The summed E-state index contributed by atoms with van der Waals surface area (Å²) in [5, 5.41) is 4.56. The number of thiazole rings is 1. The number of rotatable bonds is 3. The molecule has 3 heterocycles. The van der Waals surface area contributed by atoms with Crippen molar-refractivity contribution in [3.05, 3.63) is 59.4 Å². The molecule has 1 unspecified atom stereocenters. The number of aromatic nitrogens is 2. The van der Waals surface area contributed by atoms with E-state index in [0.717, 1.165) is 42.4 Å². The van der Waals surface area contributed by atoms with Crippen molar-refractivity contribution in [1.82, 2.24) is 20.2 Å². The van der Waals surface area contributed by atoms with E-state index in [4.69, 9.17) is 4.98 Å². The fourth-order valence-corrected chi connectivity index (χ4v) is 4.07. The van der Waals surface area contributed by atoms with Gasteiger partial charge in [0.05, 0.1) is 15.9 Å². The van der Waals surface area contributed by atoms with Crippen molar-refractivity contribution in [3.63, 3.8) is 0 Å². The van der Waals surface area contributed by atoms with Gasteiger partial charge in [0.2, 0.25) is 0 Å². The maximum Gasteiger partial charge on any atom is 0.117 e. The molecule has 1 N–H and O–H groups in total. The smallest absolute Gasteiger partial charge is 0.117 e. The first-order valence-electron chi connectivity index (χ1n) is 7.63. The van der Waals surface area contributed by atoms with Crippen LogP contribution in [0.5, 0.6) is 0 Å². The van der Waals surface area contributed by atoms with Gasteiger partial charge in [-0.2, -0.15) is 0 Å². The maximum absolute atomic E-state index is 4.88. The van der Waals surface area contributed by atoms with E-state index in [1.807, 2.05) is 18.3 Å². The number of hydrogen-bond donors (Lipinski definition) is 1. The SMILES string of the molecule is c1ccc(C(c2nc3ccccc3s2)N2CCNCC2)nc1. The van der Waals surface area contributed by atoms with Crippen LogP contribution in [0.2, 0.25) is 0 Å². The van der Waals surface area contributed by atoms with E-state index >= 15 is 0 Å². The molecule has 2 aromatic heterocycles. The van der Waals surface area contributed by atoms with E-state index in [-0.39, 0.29) is 6.04 Å². The second kappa shape index (κ2) is 6.12. The predicted octanol–water partition coefficient (Wildman–Crippen LogP) is 2.69. The van der Waals surface area contributed by atoms with Crippen LogP contribution in [0.4, 0.5) is 0 Å². The van der Waals surface area contributed by atoms with Gasteiger partial charge in [0.15, 0.2) is 0 Å². The molecular formula is C17H18N4S. The molecule has 1 aliphatic rings. The van der Waals surface area contributed by atoms with Crippen LogP contribution in [0, 0.1) is 0 Å². The first kappa shape index (κ1) is 13.8. The lowest BCUT2D eigenvalue weighted by atomic mass is 10.1. The minimum atomic E-state index is 0.153. The van der Waals surface area contributed by atoms with Crippen molar-refractivity contribution >= 4 is 21.6 Å². The number of piperazine rings is 1. The minimum Gasteiger partial charge on any atom is -0.314 e. The van der Waals surface area contributed by atoms with Crippen molar-refractivity contribution in [2.45, 2.75) is 6.04 Å². The summed E-state index contributed by atoms with van der Waals surface area (Å²) in [5.74, 6) is 0. The third kappa shape index (κ3) is 2.63. The normalized spacial score (nSPS) is 17.6. The summed E-state index contributed by atoms with van der Waals surface area (Å²) in [6.45, 7) is 4.09. The van der Waals surface area contributed by atoms with E-state index in [9.17, 15) is 0 Å². The van der Waals surface area contributed by atoms with E-state index in [0.29, 0.717) is 0 Å². The lowest BCUT2D eigenvalue weighted by molar-refractivity contribution is 0.195. The van der Waals surface area contributed by atoms with Crippen molar-refractivity contribution < 1.29 is 0 Å². The van der Waals surface area contributed by atoms with Gasteiger partial charge in [-0.3, -0.25) is 9.88 Å². The van der Waals surface area contributed by atoms with Crippen LogP contribution in [0.25, 0.3) is 10.2 Å². The molecule has 0 spiro atoms. The number of nitrogens with one attached hydrogen (secondary N) is 1. The largest absolute Gasteiger partial charge is 0.314 e. The van der Waals surface area contributed by atoms with Crippen LogP contribution in [0.1, 0.15) is 16.7 Å². The van der Waals surface area contributed by atoms with Crippen molar-refractivity contribution in [2.24, 2.45) is 0 Å². The Kier molecular flexibility index (Phi) is 3.84. The molecule has 3 aromatic rings. The van der Waals surface area contributed by atoms with Crippen LogP contribution in [0.3, 0.4) is 0 Å². The molecule has 0 saturated carbocycles. The van der Waals surface area contributed by atoms with Crippen molar-refractivity contribution in [3.8, 4) is 0 Å². The molecule has 1 saturated heterocycles. The van der Waals surface area contributed by atoms with Gasteiger partial charge in [0.1, 0.15) is 11.0 Å². The summed E-state index contributed by atoms with van der Waals surface area (Å²) in [6, 6.07) is 14.6. The Morgan fingerprint density at radius 2 is 1.86 bits per heavy atom. The van der Waals surface area contributed by atoms with Gasteiger partial charge in [-0.1, -0.05) is 18.2 Å². The highest BCUT2D eigenvalue weighted by atomic mass is 32.1. The Labute approximate surface area is 133 Å². The zero-order valence-electron chi connectivity index (χ0n) is 12.3. The van der Waals surface area contributed by atoms with Crippen LogP contribution in [-0.2, 0) is 0 Å². The minimum absolute atomic E-state index is 0.153. The van der Waals surface area contributed by atoms with Gasteiger partial charge in [-0.05, 0) is 24.3 Å². The van der Waals surface area contributed by atoms with Gasteiger partial charge in [-0.25, -0.2) is 4.98 Å². The Morgan fingerprint density at radius 1 is 1.05 bits per heavy atom. The summed E-state index contributed by atoms with van der Waals surface area (Å²) in [7, 11) is 0. The van der Waals surface area contributed by atoms with E-state index in [2.05, 4.69) is 45.5 Å². The van der Waals surface area contributed by atoms with Crippen LogP contribution in [-0.4, -0.2) is 41.0 Å². The van der Waals surface area contributed by atoms with Crippen LogP contribution >= 0.6 is 11.3 Å². The highest BCUT2D eigenvalue weighted by molar-refractivity contribution is 7.18. The second-order valence-electron chi connectivity index (χ2n) is 5.46. The van der Waals surface area contributed by atoms with Crippen LogP contribution in [0.15, 0.2) is 48.7 Å². The molecule has 0 amide bonds. The number of fused-ring (bicyclic) bond motifs is 1. The maximum atomic E-state index is 4.88. The average Bonchev–Trinajstić information content (AvgIpc) is 3.00. The standard InChI is InChI=1S/C17H18N4S/c1-2-7-15-13(5-1)20-17(22-15)16(14-6-3-4-8-19-14)21-11-9-18-10-12-21/h1-8,16,18H,9-12H2. The Hall–Kier alpha value is -1.82.